The highest BCUT2D eigenvalue weighted by atomic mass is 35.5. The maximum Gasteiger partial charge on any atom is 0.272 e. The lowest BCUT2D eigenvalue weighted by Crippen LogP contribution is -2.41. The van der Waals surface area contributed by atoms with Gasteiger partial charge in [0, 0.05) is 41.6 Å². The molecule has 26 heavy (non-hydrogen) atoms. The molecule has 7 nitrogen and oxygen atoms in total. The van der Waals surface area contributed by atoms with Crippen LogP contribution >= 0.6 is 11.6 Å². The lowest BCUT2D eigenvalue weighted by atomic mass is 10.0. The average Bonchev–Trinajstić information content (AvgIpc) is 2.94. The summed E-state index contributed by atoms with van der Waals surface area (Å²) in [5.41, 5.74) is 0.284. The Morgan fingerprint density at radius 1 is 1.27 bits per heavy atom. The molecule has 0 N–H and O–H groups in total. The molecule has 0 radical (unpaired) electrons. The highest BCUT2D eigenvalue weighted by molar-refractivity contribution is 6.30. The van der Waals surface area contributed by atoms with Gasteiger partial charge >= 0.3 is 0 Å². The summed E-state index contributed by atoms with van der Waals surface area (Å²) in [6.07, 6.45) is 0. The Balaban J connectivity index is 2.06. The minimum atomic E-state index is -1.29. The van der Waals surface area contributed by atoms with Crippen LogP contribution in [0, 0.1) is 17.0 Å². The Kier molecular flexibility index (Phi) is 4.41. The number of benzene rings is 2. The summed E-state index contributed by atoms with van der Waals surface area (Å²) in [5.74, 6) is -0.109. The Morgan fingerprint density at radius 3 is 2.50 bits per heavy atom. The van der Waals surface area contributed by atoms with E-state index in [0.29, 0.717) is 21.7 Å². The Morgan fingerprint density at radius 2 is 1.92 bits per heavy atom. The normalized spacial score (nSPS) is 19.1. The van der Waals surface area contributed by atoms with Crippen LogP contribution in [0.15, 0.2) is 47.6 Å². The number of carbonyl (C=O) groups is 1. The Bertz CT molecular complexity index is 927. The molecule has 0 fully saturated rings. The topological polar surface area (TPSA) is 85.0 Å². The van der Waals surface area contributed by atoms with E-state index in [4.69, 9.17) is 16.3 Å². The van der Waals surface area contributed by atoms with Gasteiger partial charge in [0.15, 0.2) is 0 Å². The molecule has 0 bridgehead atoms. The summed E-state index contributed by atoms with van der Waals surface area (Å²) in [6, 6.07) is 11.6. The molecule has 2 aromatic rings. The summed E-state index contributed by atoms with van der Waals surface area (Å²) in [6.45, 7) is 4.66. The number of nitrogens with zero attached hydrogens (tertiary/aromatic N) is 3. The van der Waals surface area contributed by atoms with Gasteiger partial charge < -0.3 is 4.74 Å². The van der Waals surface area contributed by atoms with E-state index in [1.807, 2.05) is 0 Å². The van der Waals surface area contributed by atoms with Crippen molar-refractivity contribution in [2.75, 3.05) is 0 Å². The van der Waals surface area contributed by atoms with Gasteiger partial charge in [-0.2, -0.15) is 5.01 Å². The highest BCUT2D eigenvalue weighted by Crippen LogP contribution is 2.38. The van der Waals surface area contributed by atoms with Crippen molar-refractivity contribution >= 4 is 29.1 Å². The van der Waals surface area contributed by atoms with E-state index in [1.165, 1.54) is 18.0 Å². The third kappa shape index (κ3) is 3.01. The van der Waals surface area contributed by atoms with E-state index in [2.05, 4.69) is 5.10 Å². The SMILES string of the molecule is CC(=O)N1N=C(c2ccc(Cl)cc2)O[C@@]1(C)c1ccc(C)c([N+](=O)[O-])c1. The maximum atomic E-state index is 12.1. The van der Waals surface area contributed by atoms with Crippen LogP contribution < -0.4 is 0 Å². The first-order valence-corrected chi connectivity index (χ1v) is 8.20. The van der Waals surface area contributed by atoms with Crippen LogP contribution in [0.25, 0.3) is 0 Å². The molecule has 1 amide bonds. The number of amides is 1. The first kappa shape index (κ1) is 17.9. The summed E-state index contributed by atoms with van der Waals surface area (Å²) < 4.78 is 6.00. The molecule has 3 rings (SSSR count). The van der Waals surface area contributed by atoms with Gasteiger partial charge in [-0.15, -0.1) is 5.10 Å². The summed E-state index contributed by atoms with van der Waals surface area (Å²) in [4.78, 5) is 22.9. The molecule has 0 saturated heterocycles. The Hall–Kier alpha value is -2.93. The molecule has 1 heterocycles. The van der Waals surface area contributed by atoms with Crippen LogP contribution in [0.1, 0.15) is 30.5 Å². The molecular weight excluding hydrogens is 358 g/mol. The van der Waals surface area contributed by atoms with Gasteiger partial charge in [0.2, 0.25) is 17.5 Å². The minimum Gasteiger partial charge on any atom is -0.443 e. The van der Waals surface area contributed by atoms with Crippen LogP contribution in [0.3, 0.4) is 0 Å². The molecule has 8 heteroatoms. The van der Waals surface area contributed by atoms with Gasteiger partial charge in [0.05, 0.1) is 4.92 Å². The number of nitro groups is 1. The molecule has 134 valence electrons. The van der Waals surface area contributed by atoms with Crippen LogP contribution in [0.2, 0.25) is 5.02 Å². The van der Waals surface area contributed by atoms with Gasteiger partial charge in [0.25, 0.3) is 5.69 Å². The first-order valence-electron chi connectivity index (χ1n) is 7.82. The van der Waals surface area contributed by atoms with E-state index in [1.54, 1.807) is 50.2 Å². The number of halogens is 1. The zero-order chi connectivity index (χ0) is 19.1. The third-order valence-corrected chi connectivity index (χ3v) is 4.47. The third-order valence-electron chi connectivity index (χ3n) is 4.22. The highest BCUT2D eigenvalue weighted by Gasteiger charge is 2.45. The standard InChI is InChI=1S/C18H16ClN3O4/c1-11-4-7-14(10-16(11)22(24)25)18(3)21(12(2)23)20-17(26-18)13-5-8-15(19)9-6-13/h4-10H,1-3H3/t18-/m0/s1. The number of hydrazone groups is 1. The number of nitro benzene ring substituents is 1. The Labute approximate surface area is 155 Å². The molecule has 1 aliphatic rings. The van der Waals surface area contributed by atoms with E-state index in [-0.39, 0.29) is 17.5 Å². The van der Waals surface area contributed by atoms with Crippen molar-refractivity contribution in [3.63, 3.8) is 0 Å². The van der Waals surface area contributed by atoms with E-state index < -0.39 is 10.6 Å². The zero-order valence-electron chi connectivity index (χ0n) is 14.4. The average molecular weight is 374 g/mol. The molecule has 1 aliphatic heterocycles. The van der Waals surface area contributed by atoms with Gasteiger partial charge in [-0.05, 0) is 31.2 Å². The molecular formula is C18H16ClN3O4. The van der Waals surface area contributed by atoms with Crippen molar-refractivity contribution in [2.45, 2.75) is 26.5 Å². The molecule has 1 atom stereocenters. The lowest BCUT2D eigenvalue weighted by molar-refractivity contribution is -0.385. The minimum absolute atomic E-state index is 0.0456. The van der Waals surface area contributed by atoms with Crippen molar-refractivity contribution in [1.82, 2.24) is 5.01 Å². The number of hydrogen-bond acceptors (Lipinski definition) is 5. The maximum absolute atomic E-state index is 12.1. The number of rotatable bonds is 3. The van der Waals surface area contributed by atoms with Crippen LogP contribution in [0.4, 0.5) is 5.69 Å². The molecule has 0 aliphatic carbocycles. The largest absolute Gasteiger partial charge is 0.443 e. The molecule has 0 unspecified atom stereocenters. The van der Waals surface area contributed by atoms with Crippen molar-refractivity contribution < 1.29 is 14.5 Å². The smallest absolute Gasteiger partial charge is 0.272 e. The monoisotopic (exact) mass is 373 g/mol. The van der Waals surface area contributed by atoms with Crippen molar-refractivity contribution in [3.8, 4) is 0 Å². The molecule has 0 aromatic heterocycles. The van der Waals surface area contributed by atoms with Crippen molar-refractivity contribution in [1.29, 1.82) is 0 Å². The van der Waals surface area contributed by atoms with Crippen LogP contribution in [-0.2, 0) is 15.3 Å². The van der Waals surface area contributed by atoms with E-state index in [0.717, 1.165) is 0 Å². The molecule has 0 saturated carbocycles. The van der Waals surface area contributed by atoms with Crippen molar-refractivity contribution in [3.05, 3.63) is 74.3 Å². The van der Waals surface area contributed by atoms with Crippen LogP contribution in [0.5, 0.6) is 0 Å². The number of hydrogen-bond donors (Lipinski definition) is 0. The van der Waals surface area contributed by atoms with Gasteiger partial charge in [0.1, 0.15) is 0 Å². The molecule has 0 spiro atoms. The fourth-order valence-corrected chi connectivity index (χ4v) is 2.92. The van der Waals surface area contributed by atoms with E-state index in [9.17, 15) is 14.9 Å². The summed E-state index contributed by atoms with van der Waals surface area (Å²) in [7, 11) is 0. The second-order valence-corrected chi connectivity index (χ2v) is 6.52. The van der Waals surface area contributed by atoms with Gasteiger partial charge in [-0.25, -0.2) is 0 Å². The number of carbonyl (C=O) groups excluding carboxylic acids is 1. The zero-order valence-corrected chi connectivity index (χ0v) is 15.1. The predicted molar refractivity (Wildman–Crippen MR) is 96.8 cm³/mol. The number of aryl methyl sites for hydroxylation is 1. The van der Waals surface area contributed by atoms with E-state index >= 15 is 0 Å². The summed E-state index contributed by atoms with van der Waals surface area (Å²) >= 11 is 5.90. The van der Waals surface area contributed by atoms with Crippen molar-refractivity contribution in [2.24, 2.45) is 5.10 Å². The van der Waals surface area contributed by atoms with Crippen LogP contribution in [-0.4, -0.2) is 21.7 Å². The summed E-state index contributed by atoms with van der Waals surface area (Å²) in [5, 5.41) is 17.3. The second kappa shape index (κ2) is 6.42. The number of ether oxygens (including phenoxy) is 1. The van der Waals surface area contributed by atoms with Gasteiger partial charge in [-0.3, -0.25) is 14.9 Å². The lowest BCUT2D eigenvalue weighted by Gasteiger charge is -2.31. The van der Waals surface area contributed by atoms with Gasteiger partial charge in [-0.1, -0.05) is 23.7 Å². The fourth-order valence-electron chi connectivity index (χ4n) is 2.79. The fraction of sp³-hybridized carbons (Fsp3) is 0.222. The first-order chi connectivity index (χ1) is 12.2. The predicted octanol–water partition coefficient (Wildman–Crippen LogP) is 3.97. The molecule has 2 aromatic carbocycles. The second-order valence-electron chi connectivity index (χ2n) is 6.09. The quantitative estimate of drug-likeness (QED) is 0.601.